The Morgan fingerprint density at radius 3 is 1.51 bits per heavy atom. The van der Waals surface area contributed by atoms with E-state index in [0.717, 1.165) is 57.8 Å². The van der Waals surface area contributed by atoms with Gasteiger partial charge in [-0.3, -0.25) is 23.2 Å². The summed E-state index contributed by atoms with van der Waals surface area (Å²) >= 11 is 0. The summed E-state index contributed by atoms with van der Waals surface area (Å²) in [6.45, 7) is 1.34. The minimum Gasteiger partial charge on any atom is -0.462 e. The quantitative estimate of drug-likeness (QED) is 0.0145. The van der Waals surface area contributed by atoms with Crippen LogP contribution in [0.4, 0.5) is 0 Å². The number of phosphoric acid groups is 2. The molecule has 0 rings (SSSR count). The van der Waals surface area contributed by atoms with E-state index in [2.05, 4.69) is 77.6 Å². The maximum atomic E-state index is 12.7. The summed E-state index contributed by atoms with van der Waals surface area (Å²) in [5, 5.41) is 30.5. The summed E-state index contributed by atoms with van der Waals surface area (Å²) in [6.07, 6.45) is 37.7. The zero-order valence-electron chi connectivity index (χ0n) is 37.9. The third-order valence-electron chi connectivity index (χ3n) is 9.26. The maximum absolute atomic E-state index is 12.7. The van der Waals surface area contributed by atoms with Gasteiger partial charge in [-0.25, -0.2) is 9.13 Å². The molecule has 5 atom stereocenters. The van der Waals surface area contributed by atoms with Gasteiger partial charge >= 0.3 is 27.6 Å². The Morgan fingerprint density at radius 1 is 0.508 bits per heavy atom. The molecule has 0 aromatic rings. The highest BCUT2D eigenvalue weighted by Gasteiger charge is 2.28. The standard InChI is InChI=1S/C46H80O15P2/c1-3-5-7-9-11-13-15-17-18-19-20-21-23-25-27-29-31-35-46(51)61-42(40-60-63(55,56)59-38-41(47)37-58-62(52,53)54)39-57-45(50)36-32-34-44(49)43(48)33-30-28-26-24-22-16-14-12-10-8-6-4-2/h11-14,17-18,20-22,24,28,30,41-44,47-49H,3-10,15-16,19,23,25-27,29,31-40H2,1-2H3,(H,55,56)(H2,52,53,54)/b13-11-,14-12-,18-17-,21-20-,24-22-,30-28-/t41-,42+,43?,44?/m0/s1. The molecule has 0 aliphatic heterocycles. The Labute approximate surface area is 377 Å². The molecular formula is C46H80O15P2. The minimum atomic E-state index is -4.90. The number of phosphoric ester groups is 2. The van der Waals surface area contributed by atoms with Crippen molar-refractivity contribution in [3.63, 3.8) is 0 Å². The second-order valence-corrected chi connectivity index (χ2v) is 18.0. The Hall–Kier alpha value is -2.52. The van der Waals surface area contributed by atoms with Crippen LogP contribution in [0, 0.1) is 0 Å². The summed E-state index contributed by atoms with van der Waals surface area (Å²) in [5.74, 6) is -1.35. The van der Waals surface area contributed by atoms with Crippen molar-refractivity contribution in [2.24, 2.45) is 0 Å². The summed E-state index contributed by atoms with van der Waals surface area (Å²) in [5.41, 5.74) is 0. The normalized spacial score (nSPS) is 15.6. The monoisotopic (exact) mass is 934 g/mol. The van der Waals surface area contributed by atoms with E-state index in [0.29, 0.717) is 12.8 Å². The van der Waals surface area contributed by atoms with Gasteiger partial charge in [-0.05, 0) is 89.9 Å². The van der Waals surface area contributed by atoms with Crippen molar-refractivity contribution in [3.8, 4) is 0 Å². The number of aliphatic hydroxyl groups excluding tert-OH is 3. The van der Waals surface area contributed by atoms with E-state index in [1.165, 1.54) is 38.5 Å². The van der Waals surface area contributed by atoms with E-state index in [9.17, 15) is 38.9 Å². The number of hydrogen-bond donors (Lipinski definition) is 6. The molecule has 0 bridgehead atoms. The van der Waals surface area contributed by atoms with Gasteiger partial charge in [0.05, 0.1) is 32.0 Å². The van der Waals surface area contributed by atoms with E-state index in [1.807, 2.05) is 12.2 Å². The predicted octanol–water partition coefficient (Wildman–Crippen LogP) is 9.73. The molecule has 0 aliphatic rings. The van der Waals surface area contributed by atoms with Crippen molar-refractivity contribution in [2.75, 3.05) is 26.4 Å². The molecule has 0 heterocycles. The fourth-order valence-corrected chi connectivity index (χ4v) is 6.79. The van der Waals surface area contributed by atoms with Gasteiger partial charge in [-0.1, -0.05) is 125 Å². The molecule has 0 amide bonds. The minimum absolute atomic E-state index is 0.0418. The SMILES string of the molecule is CCCCC/C=C\C/C=C\C/C=C\CCCCCCC(=O)O[C@H](COC(=O)CCCC(O)C(O)C/C=C\C/C=C\C/C=C\CCCCC)COP(=O)(O)OC[C@@H](O)COP(=O)(O)O. The van der Waals surface area contributed by atoms with E-state index in [-0.39, 0.29) is 32.1 Å². The summed E-state index contributed by atoms with van der Waals surface area (Å²) in [6, 6.07) is 0. The zero-order valence-corrected chi connectivity index (χ0v) is 39.7. The molecule has 0 aliphatic carbocycles. The van der Waals surface area contributed by atoms with E-state index in [1.54, 1.807) is 6.08 Å². The molecule has 0 aromatic carbocycles. The van der Waals surface area contributed by atoms with Gasteiger partial charge in [0.2, 0.25) is 0 Å². The van der Waals surface area contributed by atoms with Crippen LogP contribution in [-0.2, 0) is 41.8 Å². The van der Waals surface area contributed by atoms with Crippen LogP contribution >= 0.6 is 15.6 Å². The third-order valence-corrected chi connectivity index (χ3v) is 10.7. The van der Waals surface area contributed by atoms with Crippen molar-refractivity contribution < 1.29 is 71.8 Å². The second-order valence-electron chi connectivity index (χ2n) is 15.3. The number of unbranched alkanes of at least 4 members (excludes halogenated alkanes) is 10. The lowest BCUT2D eigenvalue weighted by Gasteiger charge is -2.20. The number of carbonyl (C=O) groups excluding carboxylic acids is 2. The number of esters is 2. The largest absolute Gasteiger partial charge is 0.472 e. The number of ether oxygens (including phenoxy) is 2. The predicted molar refractivity (Wildman–Crippen MR) is 246 cm³/mol. The zero-order chi connectivity index (χ0) is 46.9. The molecule has 0 saturated heterocycles. The van der Waals surface area contributed by atoms with E-state index < -0.39 is 78.4 Å². The number of aliphatic hydroxyl groups is 3. The molecule has 6 N–H and O–H groups in total. The van der Waals surface area contributed by atoms with Crippen LogP contribution < -0.4 is 0 Å². The van der Waals surface area contributed by atoms with E-state index in [4.69, 9.17) is 23.8 Å². The number of hydrogen-bond acceptors (Lipinski definition) is 12. The Bertz CT molecular complexity index is 1420. The average molecular weight is 935 g/mol. The third kappa shape index (κ3) is 43.2. The average Bonchev–Trinajstić information content (AvgIpc) is 3.24. The Morgan fingerprint density at radius 2 is 0.968 bits per heavy atom. The molecule has 0 aromatic heterocycles. The highest BCUT2D eigenvalue weighted by atomic mass is 31.2. The molecule has 0 saturated carbocycles. The number of rotatable bonds is 42. The van der Waals surface area contributed by atoms with Gasteiger partial charge in [0.25, 0.3) is 0 Å². The van der Waals surface area contributed by atoms with E-state index >= 15 is 0 Å². The lowest BCUT2D eigenvalue weighted by molar-refractivity contribution is -0.161. The summed E-state index contributed by atoms with van der Waals surface area (Å²) < 4.78 is 47.6. The smallest absolute Gasteiger partial charge is 0.462 e. The lowest BCUT2D eigenvalue weighted by atomic mass is 10.0. The van der Waals surface area contributed by atoms with Crippen molar-refractivity contribution in [1.29, 1.82) is 0 Å². The molecule has 17 heteroatoms. The molecule has 0 radical (unpaired) electrons. The van der Waals surface area contributed by atoms with Crippen LogP contribution in [0.25, 0.3) is 0 Å². The number of allylic oxidation sites excluding steroid dienone is 11. The van der Waals surface area contributed by atoms with Crippen molar-refractivity contribution >= 4 is 27.6 Å². The van der Waals surface area contributed by atoms with Gasteiger partial charge in [-0.2, -0.15) is 0 Å². The van der Waals surface area contributed by atoms with Crippen LogP contribution in [-0.4, -0.2) is 92.8 Å². The van der Waals surface area contributed by atoms with Gasteiger partial charge in [0.1, 0.15) is 12.7 Å². The van der Waals surface area contributed by atoms with Crippen LogP contribution in [0.1, 0.15) is 155 Å². The fourth-order valence-electron chi connectivity index (χ4n) is 5.63. The second kappa shape index (κ2) is 40.9. The number of carbonyl (C=O) groups is 2. The highest BCUT2D eigenvalue weighted by molar-refractivity contribution is 7.47. The Balaban J connectivity index is 4.78. The molecule has 364 valence electrons. The summed E-state index contributed by atoms with van der Waals surface area (Å²) in [4.78, 5) is 52.8. The first kappa shape index (κ1) is 60.5. The molecule has 0 fully saturated rings. The molecule has 3 unspecified atom stereocenters. The first-order valence-electron chi connectivity index (χ1n) is 22.8. The molecule has 0 spiro atoms. The lowest BCUT2D eigenvalue weighted by Crippen LogP contribution is -2.30. The first-order valence-corrected chi connectivity index (χ1v) is 25.8. The molecule has 63 heavy (non-hydrogen) atoms. The van der Waals surface area contributed by atoms with Gasteiger partial charge < -0.3 is 39.5 Å². The van der Waals surface area contributed by atoms with Crippen LogP contribution in [0.5, 0.6) is 0 Å². The van der Waals surface area contributed by atoms with Crippen molar-refractivity contribution in [2.45, 2.75) is 180 Å². The highest BCUT2D eigenvalue weighted by Crippen LogP contribution is 2.43. The van der Waals surface area contributed by atoms with Gasteiger partial charge in [0.15, 0.2) is 6.10 Å². The van der Waals surface area contributed by atoms with Crippen molar-refractivity contribution in [1.82, 2.24) is 0 Å². The maximum Gasteiger partial charge on any atom is 0.472 e. The van der Waals surface area contributed by atoms with Crippen LogP contribution in [0.2, 0.25) is 0 Å². The van der Waals surface area contributed by atoms with Crippen molar-refractivity contribution in [3.05, 3.63) is 72.9 Å². The topological polar surface area (TPSA) is 236 Å². The molecular weight excluding hydrogens is 854 g/mol. The molecule has 15 nitrogen and oxygen atoms in total. The van der Waals surface area contributed by atoms with Crippen LogP contribution in [0.15, 0.2) is 72.9 Å². The fraction of sp³-hybridized carbons (Fsp3) is 0.696. The first-order chi connectivity index (χ1) is 30.2. The van der Waals surface area contributed by atoms with Crippen LogP contribution in [0.3, 0.4) is 0 Å². The Kier molecular flexibility index (Phi) is 39.3. The van der Waals surface area contributed by atoms with Gasteiger partial charge in [0, 0.05) is 12.8 Å². The summed E-state index contributed by atoms with van der Waals surface area (Å²) in [7, 11) is -9.79. The van der Waals surface area contributed by atoms with Gasteiger partial charge in [-0.15, -0.1) is 0 Å².